The number of hydrogen-bond acceptors (Lipinski definition) is 4. The molecule has 0 saturated heterocycles. The number of hydrogen-bond donors (Lipinski definition) is 3. The van der Waals surface area contributed by atoms with Crippen molar-refractivity contribution < 1.29 is 17.6 Å². The molecule has 1 aromatic rings. The van der Waals surface area contributed by atoms with Crippen molar-refractivity contribution in [2.24, 2.45) is 0 Å². The first-order chi connectivity index (χ1) is 9.73. The molecule has 0 spiro atoms. The lowest BCUT2D eigenvalue weighted by atomic mass is 10.1. The van der Waals surface area contributed by atoms with E-state index in [-0.39, 0.29) is 17.3 Å². The molecule has 0 saturated carbocycles. The second-order valence-corrected chi connectivity index (χ2v) is 6.48. The highest BCUT2D eigenvalue weighted by Gasteiger charge is 2.15. The molecule has 6 nitrogen and oxygen atoms in total. The van der Waals surface area contributed by atoms with Gasteiger partial charge in [-0.1, -0.05) is 6.92 Å². The lowest BCUT2D eigenvalue weighted by Gasteiger charge is -2.15. The smallest absolute Gasteiger partial charge is 0.253 e. The van der Waals surface area contributed by atoms with Crippen LogP contribution in [0.4, 0.5) is 10.1 Å². The normalized spacial score (nSPS) is 12.8. The number of likely N-dealkylation sites (N-methyl/N-ethyl adjacent to an activating group) is 1. The molecule has 118 valence electrons. The predicted octanol–water partition coefficient (Wildman–Crippen LogP) is 0.925. The van der Waals surface area contributed by atoms with Gasteiger partial charge in [-0.25, -0.2) is 12.8 Å². The van der Waals surface area contributed by atoms with Crippen LogP contribution in [0.1, 0.15) is 24.2 Å². The maximum atomic E-state index is 13.3. The van der Waals surface area contributed by atoms with Gasteiger partial charge in [0.05, 0.1) is 17.5 Å². The average Bonchev–Trinajstić information content (AvgIpc) is 2.37. The molecule has 1 aromatic carbocycles. The number of benzene rings is 1. The second-order valence-electron chi connectivity index (χ2n) is 4.73. The molecular formula is C13H20FN3O3S. The molecule has 0 aliphatic heterocycles. The fourth-order valence-corrected chi connectivity index (χ4v) is 2.33. The molecule has 21 heavy (non-hydrogen) atoms. The summed E-state index contributed by atoms with van der Waals surface area (Å²) in [6.07, 6.45) is 0.964. The van der Waals surface area contributed by atoms with E-state index in [9.17, 15) is 17.6 Å². The van der Waals surface area contributed by atoms with E-state index < -0.39 is 21.7 Å². The van der Waals surface area contributed by atoms with Crippen molar-refractivity contribution in [1.29, 1.82) is 0 Å². The minimum atomic E-state index is -3.55. The lowest BCUT2D eigenvalue weighted by Crippen LogP contribution is -2.39. The van der Waals surface area contributed by atoms with Crippen LogP contribution in [0.3, 0.4) is 0 Å². The van der Waals surface area contributed by atoms with E-state index in [1.807, 2.05) is 13.8 Å². The number of nitrogens with one attached hydrogen (secondary N) is 3. The highest BCUT2D eigenvalue weighted by atomic mass is 32.2. The van der Waals surface area contributed by atoms with Crippen LogP contribution in [0.2, 0.25) is 0 Å². The fourth-order valence-electron chi connectivity index (χ4n) is 1.75. The van der Waals surface area contributed by atoms with Crippen LogP contribution in [-0.4, -0.2) is 39.7 Å². The number of halogens is 1. The molecule has 1 amide bonds. The largest absolute Gasteiger partial charge is 0.350 e. The van der Waals surface area contributed by atoms with Gasteiger partial charge >= 0.3 is 0 Å². The van der Waals surface area contributed by atoms with Crippen LogP contribution in [0.15, 0.2) is 18.2 Å². The molecule has 0 aromatic heterocycles. The first-order valence-corrected chi connectivity index (χ1v) is 8.41. The van der Waals surface area contributed by atoms with Gasteiger partial charge in [-0.15, -0.1) is 0 Å². The van der Waals surface area contributed by atoms with Crippen molar-refractivity contribution >= 4 is 21.6 Å². The Morgan fingerprint density at radius 2 is 2.05 bits per heavy atom. The third-order valence-electron chi connectivity index (χ3n) is 2.64. The van der Waals surface area contributed by atoms with Crippen LogP contribution in [0, 0.1) is 5.82 Å². The summed E-state index contributed by atoms with van der Waals surface area (Å²) in [6.45, 7) is 4.95. The Balaban J connectivity index is 2.89. The van der Waals surface area contributed by atoms with E-state index in [0.29, 0.717) is 6.54 Å². The maximum Gasteiger partial charge on any atom is 0.253 e. The summed E-state index contributed by atoms with van der Waals surface area (Å²) in [7, 11) is -3.55. The number of rotatable bonds is 7. The summed E-state index contributed by atoms with van der Waals surface area (Å²) in [4.78, 5) is 12.1. The molecule has 0 aliphatic rings. The van der Waals surface area contributed by atoms with E-state index in [2.05, 4.69) is 15.4 Å². The fraction of sp³-hybridized carbons (Fsp3) is 0.462. The first kappa shape index (κ1) is 17.4. The van der Waals surface area contributed by atoms with Crippen molar-refractivity contribution in [2.75, 3.05) is 24.1 Å². The molecule has 1 rings (SSSR count). The minimum absolute atomic E-state index is 0.0486. The van der Waals surface area contributed by atoms with E-state index in [4.69, 9.17) is 0 Å². The van der Waals surface area contributed by atoms with Gasteiger partial charge in [0.1, 0.15) is 5.82 Å². The van der Waals surface area contributed by atoms with Crippen LogP contribution in [0.5, 0.6) is 0 Å². The van der Waals surface area contributed by atoms with Gasteiger partial charge in [0.25, 0.3) is 5.91 Å². The van der Waals surface area contributed by atoms with Crippen molar-refractivity contribution in [2.45, 2.75) is 19.9 Å². The number of amides is 1. The Morgan fingerprint density at radius 1 is 1.38 bits per heavy atom. The molecule has 1 atom stereocenters. The second kappa shape index (κ2) is 7.37. The van der Waals surface area contributed by atoms with Gasteiger partial charge in [-0.3, -0.25) is 9.52 Å². The van der Waals surface area contributed by atoms with E-state index in [1.54, 1.807) is 0 Å². The maximum absolute atomic E-state index is 13.3. The first-order valence-electron chi connectivity index (χ1n) is 6.52. The third-order valence-corrected chi connectivity index (χ3v) is 3.23. The SMILES string of the molecule is CCN[C@H](C)CNC(=O)c1cc(F)ccc1NS(C)(=O)=O. The van der Waals surface area contributed by atoms with E-state index >= 15 is 0 Å². The topological polar surface area (TPSA) is 87.3 Å². The number of anilines is 1. The average molecular weight is 317 g/mol. The molecule has 8 heteroatoms. The summed E-state index contributed by atoms with van der Waals surface area (Å²) < 4.78 is 38.0. The van der Waals surface area contributed by atoms with Gasteiger partial charge in [0.2, 0.25) is 10.0 Å². The molecule has 0 radical (unpaired) electrons. The Morgan fingerprint density at radius 3 is 2.62 bits per heavy atom. The molecule has 0 aliphatic carbocycles. The number of carbonyl (C=O) groups is 1. The van der Waals surface area contributed by atoms with Gasteiger partial charge in [0.15, 0.2) is 0 Å². The molecule has 3 N–H and O–H groups in total. The van der Waals surface area contributed by atoms with Crippen molar-refractivity contribution in [3.63, 3.8) is 0 Å². The highest BCUT2D eigenvalue weighted by Crippen LogP contribution is 2.18. The van der Waals surface area contributed by atoms with Crippen LogP contribution < -0.4 is 15.4 Å². The summed E-state index contributed by atoms with van der Waals surface area (Å²) in [6, 6.07) is 3.37. The van der Waals surface area contributed by atoms with Crippen molar-refractivity contribution in [3.8, 4) is 0 Å². The highest BCUT2D eigenvalue weighted by molar-refractivity contribution is 7.92. The molecule has 0 unspecified atom stereocenters. The Kier molecular flexibility index (Phi) is 6.10. The Bertz CT molecular complexity index is 605. The zero-order valence-corrected chi connectivity index (χ0v) is 13.1. The quantitative estimate of drug-likeness (QED) is 0.698. The zero-order chi connectivity index (χ0) is 16.0. The summed E-state index contributed by atoms with van der Waals surface area (Å²) >= 11 is 0. The molecular weight excluding hydrogens is 297 g/mol. The van der Waals surface area contributed by atoms with Crippen LogP contribution >= 0.6 is 0 Å². The number of carbonyl (C=O) groups excluding carboxylic acids is 1. The van der Waals surface area contributed by atoms with Gasteiger partial charge in [-0.05, 0) is 31.7 Å². The van der Waals surface area contributed by atoms with Crippen LogP contribution in [0.25, 0.3) is 0 Å². The van der Waals surface area contributed by atoms with E-state index in [0.717, 1.165) is 24.9 Å². The Hall–Kier alpha value is -1.67. The van der Waals surface area contributed by atoms with E-state index in [1.165, 1.54) is 6.07 Å². The molecule has 0 bridgehead atoms. The van der Waals surface area contributed by atoms with Gasteiger partial charge in [0, 0.05) is 12.6 Å². The predicted molar refractivity (Wildman–Crippen MR) is 80.3 cm³/mol. The van der Waals surface area contributed by atoms with Crippen molar-refractivity contribution in [3.05, 3.63) is 29.6 Å². The zero-order valence-electron chi connectivity index (χ0n) is 12.2. The standard InChI is InChI=1S/C13H20FN3O3S/c1-4-15-9(2)8-16-13(18)11-7-10(14)5-6-12(11)17-21(3,19)20/h5-7,9,15,17H,4,8H2,1-3H3,(H,16,18)/t9-/m1/s1. The summed E-state index contributed by atoms with van der Waals surface area (Å²) in [5.74, 6) is -1.15. The van der Waals surface area contributed by atoms with Gasteiger partial charge < -0.3 is 10.6 Å². The molecule has 0 fully saturated rings. The minimum Gasteiger partial charge on any atom is -0.350 e. The summed E-state index contributed by atoms with van der Waals surface area (Å²) in [5, 5.41) is 5.75. The van der Waals surface area contributed by atoms with Gasteiger partial charge in [-0.2, -0.15) is 0 Å². The van der Waals surface area contributed by atoms with Crippen LogP contribution in [-0.2, 0) is 10.0 Å². The van der Waals surface area contributed by atoms with Crippen molar-refractivity contribution in [1.82, 2.24) is 10.6 Å². The lowest BCUT2D eigenvalue weighted by molar-refractivity contribution is 0.0950. The third kappa shape index (κ3) is 6.09. The number of sulfonamides is 1. The monoisotopic (exact) mass is 317 g/mol. The summed E-state index contributed by atoms with van der Waals surface area (Å²) in [5.41, 5.74) is -0.00312. The molecule has 0 heterocycles. The Labute approximate surface area is 124 Å².